The summed E-state index contributed by atoms with van der Waals surface area (Å²) >= 11 is 0. The largest absolute Gasteiger partial charge is 0.478 e. The van der Waals surface area contributed by atoms with E-state index in [1.54, 1.807) is 13.0 Å². The molecule has 0 radical (unpaired) electrons. The Hall–Kier alpha value is -1.80. The third-order valence-corrected chi connectivity index (χ3v) is 2.57. The zero-order valence-corrected chi connectivity index (χ0v) is 10.1. The first kappa shape index (κ1) is 13.3. The Morgan fingerprint density at radius 1 is 1.65 bits per heavy atom. The summed E-state index contributed by atoms with van der Waals surface area (Å²) in [5, 5.41) is 17.4. The Kier molecular flexibility index (Phi) is 4.73. The van der Waals surface area contributed by atoms with E-state index in [0.29, 0.717) is 31.0 Å². The number of nitriles is 1. The highest BCUT2D eigenvalue weighted by molar-refractivity contribution is 5.88. The zero-order chi connectivity index (χ0) is 12.8. The van der Waals surface area contributed by atoms with Crippen molar-refractivity contribution in [2.75, 3.05) is 13.1 Å². The fourth-order valence-corrected chi connectivity index (χ4v) is 1.61. The number of carboxylic acids is 1. The number of carbonyl (C=O) groups is 1. The van der Waals surface area contributed by atoms with Crippen molar-refractivity contribution in [3.05, 3.63) is 23.2 Å². The lowest BCUT2D eigenvalue weighted by Gasteiger charge is -2.16. The number of rotatable bonds is 6. The van der Waals surface area contributed by atoms with E-state index in [9.17, 15) is 4.79 Å². The maximum atomic E-state index is 10.8. The minimum absolute atomic E-state index is 0.205. The summed E-state index contributed by atoms with van der Waals surface area (Å²) < 4.78 is 5.38. The van der Waals surface area contributed by atoms with Crippen molar-refractivity contribution in [1.82, 2.24) is 4.90 Å². The van der Waals surface area contributed by atoms with Crippen molar-refractivity contribution in [3.63, 3.8) is 0 Å². The van der Waals surface area contributed by atoms with Crippen LogP contribution >= 0.6 is 0 Å². The molecule has 0 aliphatic rings. The first-order valence-corrected chi connectivity index (χ1v) is 5.50. The van der Waals surface area contributed by atoms with Gasteiger partial charge in [-0.2, -0.15) is 5.26 Å². The second kappa shape index (κ2) is 6.06. The van der Waals surface area contributed by atoms with Crippen LogP contribution in [0.15, 0.2) is 10.5 Å². The van der Waals surface area contributed by atoms with Crippen molar-refractivity contribution < 1.29 is 14.3 Å². The van der Waals surface area contributed by atoms with Crippen molar-refractivity contribution in [2.45, 2.75) is 26.8 Å². The van der Waals surface area contributed by atoms with Crippen LogP contribution in [0.1, 0.15) is 35.2 Å². The predicted octanol–water partition coefficient (Wildman–Crippen LogP) is 2.02. The maximum absolute atomic E-state index is 10.8. The van der Waals surface area contributed by atoms with Gasteiger partial charge in [0, 0.05) is 13.0 Å². The minimum Gasteiger partial charge on any atom is -0.478 e. The molecule has 0 saturated heterocycles. The molecule has 0 aliphatic carbocycles. The van der Waals surface area contributed by atoms with Gasteiger partial charge in [0.2, 0.25) is 0 Å². The number of carboxylic acid groups (broad SMARTS) is 1. The zero-order valence-electron chi connectivity index (χ0n) is 10.1. The van der Waals surface area contributed by atoms with Crippen molar-refractivity contribution in [1.29, 1.82) is 5.26 Å². The molecule has 17 heavy (non-hydrogen) atoms. The second-order valence-electron chi connectivity index (χ2n) is 3.76. The summed E-state index contributed by atoms with van der Waals surface area (Å²) in [7, 11) is 0. The lowest BCUT2D eigenvalue weighted by atomic mass is 10.2. The summed E-state index contributed by atoms with van der Waals surface area (Å²) in [6, 6.07) is 3.64. The standard InChI is InChI=1S/C12H16N2O3/c1-3-14(6-4-5-13)8-10-7-11(12(15)16)9(2)17-10/h7H,3-4,6,8H2,1-2H3,(H,15,16). The molecule has 0 aliphatic heterocycles. The van der Waals surface area contributed by atoms with Crippen LogP contribution in [-0.2, 0) is 6.54 Å². The summed E-state index contributed by atoms with van der Waals surface area (Å²) in [4.78, 5) is 12.9. The van der Waals surface area contributed by atoms with Crippen LogP contribution in [0.2, 0.25) is 0 Å². The molecule has 0 fully saturated rings. The molecule has 0 spiro atoms. The van der Waals surface area contributed by atoms with E-state index in [4.69, 9.17) is 14.8 Å². The summed E-state index contributed by atoms with van der Waals surface area (Å²) in [5.74, 6) is 0.0705. The first-order valence-electron chi connectivity index (χ1n) is 5.50. The number of hydrogen-bond acceptors (Lipinski definition) is 4. The molecule has 1 aromatic rings. The summed E-state index contributed by atoms with van der Waals surface area (Å²) in [5.41, 5.74) is 0.205. The van der Waals surface area contributed by atoms with E-state index in [0.717, 1.165) is 6.54 Å². The number of aromatic carboxylic acids is 1. The molecule has 0 aromatic carbocycles. The molecule has 1 heterocycles. The normalized spacial score (nSPS) is 10.5. The molecule has 5 heteroatoms. The minimum atomic E-state index is -0.974. The van der Waals surface area contributed by atoms with Gasteiger partial charge in [-0.05, 0) is 19.5 Å². The quantitative estimate of drug-likeness (QED) is 0.817. The molecule has 5 nitrogen and oxygen atoms in total. The average molecular weight is 236 g/mol. The highest BCUT2D eigenvalue weighted by atomic mass is 16.4. The highest BCUT2D eigenvalue weighted by Crippen LogP contribution is 2.16. The van der Waals surface area contributed by atoms with Crippen LogP contribution in [-0.4, -0.2) is 29.1 Å². The Morgan fingerprint density at radius 3 is 2.82 bits per heavy atom. The van der Waals surface area contributed by atoms with Crippen molar-refractivity contribution in [2.24, 2.45) is 0 Å². The molecule has 1 aromatic heterocycles. The molecule has 0 amide bonds. The fourth-order valence-electron chi connectivity index (χ4n) is 1.61. The molecule has 92 valence electrons. The van der Waals surface area contributed by atoms with Crippen LogP contribution in [0.5, 0.6) is 0 Å². The van der Waals surface area contributed by atoms with Gasteiger partial charge < -0.3 is 9.52 Å². The van der Waals surface area contributed by atoms with Crippen LogP contribution < -0.4 is 0 Å². The van der Waals surface area contributed by atoms with E-state index in [1.807, 2.05) is 11.8 Å². The molecular weight excluding hydrogens is 220 g/mol. The van der Waals surface area contributed by atoms with Crippen molar-refractivity contribution in [3.8, 4) is 6.07 Å². The van der Waals surface area contributed by atoms with Gasteiger partial charge in [-0.3, -0.25) is 4.90 Å². The molecule has 0 bridgehead atoms. The van der Waals surface area contributed by atoms with E-state index >= 15 is 0 Å². The lowest BCUT2D eigenvalue weighted by molar-refractivity contribution is 0.0695. The van der Waals surface area contributed by atoms with E-state index in [2.05, 4.69) is 6.07 Å². The van der Waals surface area contributed by atoms with Crippen LogP contribution in [0.3, 0.4) is 0 Å². The summed E-state index contributed by atoms with van der Waals surface area (Å²) in [6.07, 6.45) is 0.458. The van der Waals surface area contributed by atoms with Crippen LogP contribution in [0, 0.1) is 18.3 Å². The Balaban J connectivity index is 2.70. The van der Waals surface area contributed by atoms with Gasteiger partial charge in [-0.15, -0.1) is 0 Å². The second-order valence-corrected chi connectivity index (χ2v) is 3.76. The molecule has 0 unspecified atom stereocenters. The van der Waals surface area contributed by atoms with Crippen LogP contribution in [0.25, 0.3) is 0 Å². The third-order valence-electron chi connectivity index (χ3n) is 2.57. The number of nitrogens with zero attached hydrogens (tertiary/aromatic N) is 2. The molecule has 0 saturated carbocycles. The number of aryl methyl sites for hydroxylation is 1. The topological polar surface area (TPSA) is 77.5 Å². The summed E-state index contributed by atoms with van der Waals surface area (Å²) in [6.45, 7) is 5.62. The smallest absolute Gasteiger partial charge is 0.339 e. The van der Waals surface area contributed by atoms with E-state index < -0.39 is 5.97 Å². The monoisotopic (exact) mass is 236 g/mol. The van der Waals surface area contributed by atoms with Gasteiger partial charge >= 0.3 is 5.97 Å². The fraction of sp³-hybridized carbons (Fsp3) is 0.500. The molecular formula is C12H16N2O3. The lowest BCUT2D eigenvalue weighted by Crippen LogP contribution is -2.23. The average Bonchev–Trinajstić information content (AvgIpc) is 2.65. The predicted molar refractivity (Wildman–Crippen MR) is 61.6 cm³/mol. The first-order chi connectivity index (χ1) is 8.08. The van der Waals surface area contributed by atoms with Gasteiger partial charge in [-0.1, -0.05) is 6.92 Å². The van der Waals surface area contributed by atoms with Gasteiger partial charge in [0.25, 0.3) is 0 Å². The Bertz CT molecular complexity index is 431. The SMILES string of the molecule is CCN(CCC#N)Cc1cc(C(=O)O)c(C)o1. The van der Waals surface area contributed by atoms with Gasteiger partial charge in [0.15, 0.2) is 0 Å². The molecule has 0 atom stereocenters. The number of hydrogen-bond donors (Lipinski definition) is 1. The van der Waals surface area contributed by atoms with Gasteiger partial charge in [0.1, 0.15) is 17.1 Å². The van der Waals surface area contributed by atoms with Crippen molar-refractivity contribution >= 4 is 5.97 Å². The third kappa shape index (κ3) is 3.61. The Labute approximate surface area is 100 Å². The Morgan fingerprint density at radius 2 is 2.35 bits per heavy atom. The molecule has 1 N–H and O–H groups in total. The maximum Gasteiger partial charge on any atom is 0.339 e. The highest BCUT2D eigenvalue weighted by Gasteiger charge is 2.15. The van der Waals surface area contributed by atoms with Gasteiger partial charge in [-0.25, -0.2) is 4.79 Å². The number of furan rings is 1. The van der Waals surface area contributed by atoms with E-state index in [-0.39, 0.29) is 5.56 Å². The van der Waals surface area contributed by atoms with E-state index in [1.165, 1.54) is 0 Å². The van der Waals surface area contributed by atoms with Crippen LogP contribution in [0.4, 0.5) is 0 Å². The molecule has 1 rings (SSSR count). The van der Waals surface area contributed by atoms with Gasteiger partial charge in [0.05, 0.1) is 12.6 Å².